The molecule has 0 saturated carbocycles. The third kappa shape index (κ3) is 1.33. The zero-order valence-electron chi connectivity index (χ0n) is 9.45. The highest BCUT2D eigenvalue weighted by Gasteiger charge is 2.23. The van der Waals surface area contributed by atoms with Gasteiger partial charge in [0, 0.05) is 6.04 Å². The predicted molar refractivity (Wildman–Crippen MR) is 55.2 cm³/mol. The van der Waals surface area contributed by atoms with Crippen LogP contribution in [-0.4, -0.2) is 12.8 Å². The molecule has 2 N–H and O–H groups in total. The van der Waals surface area contributed by atoms with E-state index in [1.54, 1.807) is 0 Å². The van der Waals surface area contributed by atoms with Gasteiger partial charge in [0.2, 0.25) is 6.75 Å². The van der Waals surface area contributed by atoms with Crippen LogP contribution in [0.2, 0.25) is 0 Å². The van der Waals surface area contributed by atoms with E-state index in [0.29, 0.717) is 11.5 Å². The molecule has 1 heterocycles. The Morgan fingerprint density at radius 3 is 2.21 bits per heavy atom. The quantitative estimate of drug-likeness (QED) is 0.709. The van der Waals surface area contributed by atoms with Crippen LogP contribution < -0.4 is 15.2 Å². The van der Waals surface area contributed by atoms with Crippen LogP contribution in [0.4, 0.5) is 0 Å². The van der Waals surface area contributed by atoms with Gasteiger partial charge in [-0.15, -0.1) is 12.4 Å². The lowest BCUT2D eigenvalue weighted by atomic mass is 10.1. The number of ether oxygens (including phenoxy) is 2. The summed E-state index contributed by atoms with van der Waals surface area (Å²) in [5, 5.41) is 0. The number of hydrogen-bond acceptors (Lipinski definition) is 3. The van der Waals surface area contributed by atoms with Crippen molar-refractivity contribution in [2.75, 3.05) is 6.75 Å². The Morgan fingerprint density at radius 1 is 1.21 bits per heavy atom. The molecule has 3 rings (SSSR count). The maximum atomic E-state index is 7.33. The van der Waals surface area contributed by atoms with E-state index in [1.807, 2.05) is 12.1 Å². The van der Waals surface area contributed by atoms with E-state index < -0.39 is 6.75 Å². The first-order valence-electron chi connectivity index (χ1n) is 5.33. The minimum Gasteiger partial charge on any atom is -0.454 e. The van der Waals surface area contributed by atoms with E-state index in [-0.39, 0.29) is 18.4 Å². The van der Waals surface area contributed by atoms with Gasteiger partial charge in [-0.3, -0.25) is 0 Å². The fourth-order valence-corrected chi connectivity index (χ4v) is 1.93. The van der Waals surface area contributed by atoms with Crippen molar-refractivity contribution in [3.63, 3.8) is 0 Å². The lowest BCUT2D eigenvalue weighted by Gasteiger charge is -2.00. The number of nitrogens with two attached hydrogens (primary N) is 1. The predicted octanol–water partition coefficient (Wildman–Crippen LogP) is 1.26. The Bertz CT molecular complexity index is 402. The summed E-state index contributed by atoms with van der Waals surface area (Å²) < 4.78 is 24.7. The molecule has 0 fully saturated rings. The standard InChI is InChI=1S/C10H11NO2.ClH/c11-8-1-6-3-9-10(13-5-12-9)4-7(6)2-8;/h3-4,8H,1-2,5,11H2;1H/i5D2;. The number of fused-ring (bicyclic) bond motifs is 2. The van der Waals surface area contributed by atoms with Gasteiger partial charge in [0.05, 0.1) is 0 Å². The normalized spacial score (nSPS) is 23.5. The molecule has 76 valence electrons. The van der Waals surface area contributed by atoms with Crippen LogP contribution in [0.15, 0.2) is 12.1 Å². The topological polar surface area (TPSA) is 44.5 Å². The van der Waals surface area contributed by atoms with Crippen LogP contribution in [0, 0.1) is 0 Å². The molecule has 1 aromatic rings. The second-order valence-corrected chi connectivity index (χ2v) is 3.52. The van der Waals surface area contributed by atoms with Gasteiger partial charge < -0.3 is 15.2 Å². The summed E-state index contributed by atoms with van der Waals surface area (Å²) in [7, 11) is 0. The Balaban J connectivity index is 0.000000963. The number of hydrogen-bond donors (Lipinski definition) is 1. The van der Waals surface area contributed by atoms with Crippen molar-refractivity contribution in [3.8, 4) is 11.5 Å². The highest BCUT2D eigenvalue weighted by molar-refractivity contribution is 5.85. The molecule has 0 spiro atoms. The van der Waals surface area contributed by atoms with Crippen LogP contribution >= 0.6 is 12.4 Å². The van der Waals surface area contributed by atoms with E-state index in [1.165, 1.54) is 0 Å². The minimum absolute atomic E-state index is 0. The van der Waals surface area contributed by atoms with Crippen molar-refractivity contribution >= 4 is 12.4 Å². The number of rotatable bonds is 0. The Kier molecular flexibility index (Phi) is 1.75. The first-order chi connectivity index (χ1) is 7.03. The molecular weight excluding hydrogens is 202 g/mol. The second kappa shape index (κ2) is 3.33. The number of benzene rings is 1. The molecule has 0 atom stereocenters. The van der Waals surface area contributed by atoms with Crippen molar-refractivity contribution in [1.82, 2.24) is 0 Å². The summed E-state index contributed by atoms with van der Waals surface area (Å²) in [5.41, 5.74) is 8.12. The van der Waals surface area contributed by atoms with Gasteiger partial charge in [0.25, 0.3) is 0 Å². The highest BCUT2D eigenvalue weighted by Crippen LogP contribution is 2.37. The fourth-order valence-electron chi connectivity index (χ4n) is 1.93. The van der Waals surface area contributed by atoms with Gasteiger partial charge in [-0.25, -0.2) is 0 Å². The van der Waals surface area contributed by atoms with Gasteiger partial charge >= 0.3 is 0 Å². The first-order valence-corrected chi connectivity index (χ1v) is 4.33. The SMILES string of the molecule is Cl.[2H]C1([2H])Oc2cc3c(cc2O1)CC(N)C3. The maximum Gasteiger partial charge on any atom is 0.231 e. The van der Waals surface area contributed by atoms with Crippen LogP contribution in [0.3, 0.4) is 0 Å². The molecule has 1 aliphatic carbocycles. The van der Waals surface area contributed by atoms with Crippen LogP contribution in [0.1, 0.15) is 13.9 Å². The molecule has 1 aliphatic heterocycles. The summed E-state index contributed by atoms with van der Waals surface area (Å²) in [4.78, 5) is 0. The molecule has 0 aromatic heterocycles. The molecule has 0 saturated heterocycles. The third-order valence-electron chi connectivity index (χ3n) is 2.53. The van der Waals surface area contributed by atoms with Crippen LogP contribution in [0.25, 0.3) is 0 Å². The Morgan fingerprint density at radius 2 is 1.71 bits per heavy atom. The van der Waals surface area contributed by atoms with Crippen molar-refractivity contribution < 1.29 is 12.2 Å². The smallest absolute Gasteiger partial charge is 0.231 e. The molecule has 0 bridgehead atoms. The highest BCUT2D eigenvalue weighted by atomic mass is 35.5. The molecule has 0 unspecified atom stereocenters. The van der Waals surface area contributed by atoms with Gasteiger partial charge in [-0.1, -0.05) is 0 Å². The van der Waals surface area contributed by atoms with Crippen LogP contribution in [0.5, 0.6) is 11.5 Å². The summed E-state index contributed by atoms with van der Waals surface area (Å²) in [6.45, 7) is -2.03. The summed E-state index contributed by atoms with van der Waals surface area (Å²) in [6, 6.07) is 3.84. The molecule has 1 aromatic carbocycles. The summed E-state index contributed by atoms with van der Waals surface area (Å²) in [5.74, 6) is 0.959. The fraction of sp³-hybridized carbons (Fsp3) is 0.400. The zero-order chi connectivity index (χ0) is 10.6. The van der Waals surface area contributed by atoms with Gasteiger partial charge in [-0.2, -0.15) is 0 Å². The largest absolute Gasteiger partial charge is 0.454 e. The van der Waals surface area contributed by atoms with E-state index in [4.69, 9.17) is 17.9 Å². The average Bonchev–Trinajstić information content (AvgIpc) is 2.55. The third-order valence-corrected chi connectivity index (χ3v) is 2.53. The molecule has 0 amide bonds. The molecular formula is C10H12ClNO2. The summed E-state index contributed by atoms with van der Waals surface area (Å²) >= 11 is 0. The van der Waals surface area contributed by atoms with Crippen molar-refractivity contribution in [2.24, 2.45) is 5.73 Å². The molecule has 4 heteroatoms. The maximum absolute atomic E-state index is 7.33. The Hall–Kier alpha value is -0.930. The van der Waals surface area contributed by atoms with Gasteiger partial charge in [0.15, 0.2) is 11.5 Å². The monoisotopic (exact) mass is 215 g/mol. The lowest BCUT2D eigenvalue weighted by Crippen LogP contribution is -2.19. The van der Waals surface area contributed by atoms with E-state index in [9.17, 15) is 0 Å². The molecule has 3 nitrogen and oxygen atoms in total. The van der Waals surface area contributed by atoms with Crippen molar-refractivity contribution in [3.05, 3.63) is 23.3 Å². The van der Waals surface area contributed by atoms with Gasteiger partial charge in [0.1, 0.15) is 2.74 Å². The zero-order valence-corrected chi connectivity index (χ0v) is 8.26. The molecule has 14 heavy (non-hydrogen) atoms. The van der Waals surface area contributed by atoms with E-state index in [0.717, 1.165) is 24.0 Å². The Labute approximate surface area is 91.4 Å². The second-order valence-electron chi connectivity index (χ2n) is 3.52. The van der Waals surface area contributed by atoms with E-state index >= 15 is 0 Å². The lowest BCUT2D eigenvalue weighted by molar-refractivity contribution is 0.174. The average molecular weight is 216 g/mol. The molecule has 0 radical (unpaired) electrons. The number of halogens is 1. The summed E-state index contributed by atoms with van der Waals surface area (Å²) in [6.07, 6.45) is 1.66. The first kappa shape index (κ1) is 7.37. The van der Waals surface area contributed by atoms with Gasteiger partial charge in [-0.05, 0) is 36.1 Å². The minimum atomic E-state index is -2.03. The molecule has 2 aliphatic rings. The van der Waals surface area contributed by atoms with Crippen molar-refractivity contribution in [2.45, 2.75) is 18.9 Å². The van der Waals surface area contributed by atoms with Crippen molar-refractivity contribution in [1.29, 1.82) is 0 Å². The van der Waals surface area contributed by atoms with E-state index in [2.05, 4.69) is 0 Å². The van der Waals surface area contributed by atoms with Crippen LogP contribution in [-0.2, 0) is 12.8 Å².